The molecule has 0 saturated heterocycles. The number of carbonyl (C=O) groups is 1. The maximum absolute atomic E-state index is 12.2. The van der Waals surface area contributed by atoms with Crippen LogP contribution in [0.15, 0.2) is 59.5 Å². The first-order chi connectivity index (χ1) is 8.31. The molecule has 0 bridgehead atoms. The van der Waals surface area contributed by atoms with E-state index in [1.54, 1.807) is 11.8 Å². The van der Waals surface area contributed by atoms with Crippen LogP contribution in [-0.4, -0.2) is 11.5 Å². The minimum atomic E-state index is 0.0872. The average molecular weight is 242 g/mol. The minimum absolute atomic E-state index is 0.0872. The third-order valence-corrected chi connectivity index (χ3v) is 3.32. The zero-order valence-corrected chi connectivity index (χ0v) is 10.5. The summed E-state index contributed by atoms with van der Waals surface area (Å²) in [7, 11) is 0. The van der Waals surface area contributed by atoms with Gasteiger partial charge in [-0.15, -0.1) is 11.8 Å². The van der Waals surface area contributed by atoms with Gasteiger partial charge in [0.2, 0.25) is 0 Å². The van der Waals surface area contributed by atoms with Crippen LogP contribution in [-0.2, 0) is 0 Å². The predicted octanol–water partition coefficient (Wildman–Crippen LogP) is 4.03. The van der Waals surface area contributed by atoms with Crippen LogP contribution in [0.4, 0.5) is 0 Å². The van der Waals surface area contributed by atoms with E-state index in [1.165, 1.54) is 0 Å². The van der Waals surface area contributed by atoms with E-state index < -0.39 is 0 Å². The Hall–Kier alpha value is -1.54. The van der Waals surface area contributed by atoms with Crippen molar-refractivity contribution in [1.82, 2.24) is 0 Å². The van der Waals surface area contributed by atoms with E-state index in [2.05, 4.69) is 6.92 Å². The molecule has 0 unspecified atom stereocenters. The van der Waals surface area contributed by atoms with Crippen LogP contribution in [0.5, 0.6) is 0 Å². The van der Waals surface area contributed by atoms with Crippen molar-refractivity contribution in [2.75, 3.05) is 5.75 Å². The van der Waals surface area contributed by atoms with Crippen LogP contribution >= 0.6 is 11.8 Å². The lowest BCUT2D eigenvalue weighted by Gasteiger charge is -2.03. The third-order valence-electron chi connectivity index (χ3n) is 2.44. The molecule has 0 aromatic heterocycles. The normalized spacial score (nSPS) is 10.2. The fourth-order valence-electron chi connectivity index (χ4n) is 1.65. The molecule has 0 aliphatic heterocycles. The molecule has 0 amide bonds. The van der Waals surface area contributed by atoms with Gasteiger partial charge in [0.25, 0.3) is 0 Å². The van der Waals surface area contributed by atoms with Crippen molar-refractivity contribution in [2.45, 2.75) is 11.8 Å². The van der Waals surface area contributed by atoms with Gasteiger partial charge in [-0.25, -0.2) is 0 Å². The Morgan fingerprint density at radius 3 is 2.41 bits per heavy atom. The van der Waals surface area contributed by atoms with Crippen molar-refractivity contribution in [1.29, 1.82) is 0 Å². The molecule has 0 spiro atoms. The average Bonchev–Trinajstić information content (AvgIpc) is 2.40. The highest BCUT2D eigenvalue weighted by atomic mass is 32.2. The molecule has 2 aromatic rings. The molecule has 2 rings (SSSR count). The van der Waals surface area contributed by atoms with Gasteiger partial charge in [-0.05, 0) is 17.9 Å². The SMILES string of the molecule is CCSc1cccc(C(=O)c2ccccc2)c1. The molecule has 0 atom stereocenters. The van der Waals surface area contributed by atoms with Crippen molar-refractivity contribution in [2.24, 2.45) is 0 Å². The Morgan fingerprint density at radius 1 is 1.00 bits per heavy atom. The van der Waals surface area contributed by atoms with E-state index in [9.17, 15) is 4.79 Å². The second-order valence-electron chi connectivity index (χ2n) is 3.66. The molecule has 17 heavy (non-hydrogen) atoms. The van der Waals surface area contributed by atoms with Crippen LogP contribution < -0.4 is 0 Å². The summed E-state index contributed by atoms with van der Waals surface area (Å²) in [5.41, 5.74) is 1.50. The van der Waals surface area contributed by atoms with Gasteiger partial charge in [0, 0.05) is 16.0 Å². The Labute approximate surface area is 106 Å². The summed E-state index contributed by atoms with van der Waals surface area (Å²) in [4.78, 5) is 13.3. The van der Waals surface area contributed by atoms with Gasteiger partial charge < -0.3 is 0 Å². The summed E-state index contributed by atoms with van der Waals surface area (Å²) in [6, 6.07) is 17.2. The lowest BCUT2D eigenvalue weighted by atomic mass is 10.0. The van der Waals surface area contributed by atoms with Crippen molar-refractivity contribution < 1.29 is 4.79 Å². The van der Waals surface area contributed by atoms with E-state index in [1.807, 2.05) is 54.6 Å². The van der Waals surface area contributed by atoms with Crippen molar-refractivity contribution >= 4 is 17.5 Å². The molecule has 0 N–H and O–H groups in total. The smallest absolute Gasteiger partial charge is 0.193 e. The molecule has 0 saturated carbocycles. The third kappa shape index (κ3) is 2.98. The summed E-state index contributed by atoms with van der Waals surface area (Å²) in [5, 5.41) is 0. The van der Waals surface area contributed by atoms with Crippen LogP contribution in [0.3, 0.4) is 0 Å². The molecule has 0 aliphatic carbocycles. The van der Waals surface area contributed by atoms with E-state index in [0.717, 1.165) is 21.8 Å². The molecule has 2 heteroatoms. The Balaban J connectivity index is 2.28. The quantitative estimate of drug-likeness (QED) is 0.595. The summed E-state index contributed by atoms with van der Waals surface area (Å²) >= 11 is 1.75. The summed E-state index contributed by atoms with van der Waals surface area (Å²) in [5.74, 6) is 1.10. The molecular weight excluding hydrogens is 228 g/mol. The monoisotopic (exact) mass is 242 g/mol. The number of hydrogen-bond donors (Lipinski definition) is 0. The van der Waals surface area contributed by atoms with E-state index in [0.29, 0.717) is 0 Å². The highest BCUT2D eigenvalue weighted by Crippen LogP contribution is 2.20. The second kappa shape index (κ2) is 5.69. The molecule has 0 radical (unpaired) electrons. The van der Waals surface area contributed by atoms with Crippen LogP contribution in [0, 0.1) is 0 Å². The molecule has 0 aliphatic rings. The first-order valence-corrected chi connectivity index (χ1v) is 6.62. The first kappa shape index (κ1) is 11.9. The number of benzene rings is 2. The highest BCUT2D eigenvalue weighted by molar-refractivity contribution is 7.99. The molecule has 0 heterocycles. The van der Waals surface area contributed by atoms with Crippen molar-refractivity contribution in [3.05, 3.63) is 65.7 Å². The van der Waals surface area contributed by atoms with Crippen molar-refractivity contribution in [3.63, 3.8) is 0 Å². The van der Waals surface area contributed by atoms with Gasteiger partial charge in [0.15, 0.2) is 5.78 Å². The van der Waals surface area contributed by atoms with Gasteiger partial charge in [0.1, 0.15) is 0 Å². The fraction of sp³-hybridized carbons (Fsp3) is 0.133. The zero-order valence-electron chi connectivity index (χ0n) is 9.72. The number of carbonyl (C=O) groups excluding carboxylic acids is 1. The standard InChI is InChI=1S/C15H14OS/c1-2-17-14-10-6-9-13(11-14)15(16)12-7-4-3-5-8-12/h3-11H,2H2,1H3. The largest absolute Gasteiger partial charge is 0.289 e. The molecule has 1 nitrogen and oxygen atoms in total. The lowest BCUT2D eigenvalue weighted by Crippen LogP contribution is -2.00. The minimum Gasteiger partial charge on any atom is -0.289 e. The molecule has 0 fully saturated rings. The maximum Gasteiger partial charge on any atom is 0.193 e. The predicted molar refractivity (Wildman–Crippen MR) is 72.7 cm³/mol. The van der Waals surface area contributed by atoms with Crippen molar-refractivity contribution in [3.8, 4) is 0 Å². The van der Waals surface area contributed by atoms with Crippen LogP contribution in [0.25, 0.3) is 0 Å². The van der Waals surface area contributed by atoms with E-state index >= 15 is 0 Å². The topological polar surface area (TPSA) is 17.1 Å². The summed E-state index contributed by atoms with van der Waals surface area (Å²) in [6.45, 7) is 2.11. The van der Waals surface area contributed by atoms with Crippen LogP contribution in [0.2, 0.25) is 0 Å². The lowest BCUT2D eigenvalue weighted by molar-refractivity contribution is 0.103. The fourth-order valence-corrected chi connectivity index (χ4v) is 2.37. The molecular formula is C15H14OS. The van der Waals surface area contributed by atoms with Gasteiger partial charge in [0.05, 0.1) is 0 Å². The highest BCUT2D eigenvalue weighted by Gasteiger charge is 2.08. The summed E-state index contributed by atoms with van der Waals surface area (Å²) < 4.78 is 0. The molecule has 2 aromatic carbocycles. The van der Waals surface area contributed by atoms with Gasteiger partial charge in [-0.1, -0.05) is 49.4 Å². The summed E-state index contributed by atoms with van der Waals surface area (Å²) in [6.07, 6.45) is 0. The van der Waals surface area contributed by atoms with Crippen LogP contribution in [0.1, 0.15) is 22.8 Å². The Bertz CT molecular complexity index is 505. The Morgan fingerprint density at radius 2 is 1.71 bits per heavy atom. The van der Waals surface area contributed by atoms with Gasteiger partial charge >= 0.3 is 0 Å². The van der Waals surface area contributed by atoms with Gasteiger partial charge in [-0.3, -0.25) is 4.79 Å². The second-order valence-corrected chi connectivity index (χ2v) is 4.99. The Kier molecular flexibility index (Phi) is 3.99. The molecule has 86 valence electrons. The zero-order chi connectivity index (χ0) is 12.1. The first-order valence-electron chi connectivity index (χ1n) is 5.64. The number of thioether (sulfide) groups is 1. The van der Waals surface area contributed by atoms with E-state index in [-0.39, 0.29) is 5.78 Å². The van der Waals surface area contributed by atoms with Gasteiger partial charge in [-0.2, -0.15) is 0 Å². The van der Waals surface area contributed by atoms with E-state index in [4.69, 9.17) is 0 Å². The maximum atomic E-state index is 12.2. The number of hydrogen-bond acceptors (Lipinski definition) is 2. The number of ketones is 1. The number of rotatable bonds is 4.